The Kier molecular flexibility index (Phi) is 10.6. The number of aromatic nitrogens is 2. The topological polar surface area (TPSA) is 287 Å². The van der Waals surface area contributed by atoms with Crippen LogP contribution in [-0.2, 0) is 9.13 Å². The third-order valence-corrected chi connectivity index (χ3v) is 4.56. The van der Waals surface area contributed by atoms with Crippen molar-refractivity contribution in [2.45, 2.75) is 0 Å². The molecule has 14 nitrogen and oxygen atoms in total. The highest BCUT2D eigenvalue weighted by atomic mass is 31.2. The molecule has 0 aliphatic heterocycles. The van der Waals surface area contributed by atoms with Crippen molar-refractivity contribution in [2.75, 3.05) is 0 Å². The molecule has 28 heavy (non-hydrogen) atoms. The molecule has 0 spiro atoms. The van der Waals surface area contributed by atoms with Gasteiger partial charge in [0.1, 0.15) is 11.1 Å². The largest absolute Gasteiger partial charge is 0.771 e. The first kappa shape index (κ1) is 27.7. The molecule has 156 valence electrons. The Morgan fingerprint density at radius 3 is 1.25 bits per heavy atom. The highest BCUT2D eigenvalue weighted by Crippen LogP contribution is 2.27. The number of carboxylic acid groups (broad SMARTS) is 2. The van der Waals surface area contributed by atoms with E-state index in [0.29, 0.717) is 0 Å². The van der Waals surface area contributed by atoms with Crippen LogP contribution in [0.5, 0.6) is 0 Å². The van der Waals surface area contributed by atoms with E-state index in [2.05, 4.69) is 9.97 Å². The third kappa shape index (κ3) is 7.60. The fourth-order valence-electron chi connectivity index (χ4n) is 1.67. The summed E-state index contributed by atoms with van der Waals surface area (Å²) in [7, 11) is -9.59. The van der Waals surface area contributed by atoms with E-state index in [-0.39, 0.29) is 11.0 Å². The molecule has 2 aromatic rings. The Labute approximate surface area is 156 Å². The zero-order chi connectivity index (χ0) is 20.1. The van der Waals surface area contributed by atoms with Crippen molar-refractivity contribution in [1.29, 1.82) is 0 Å². The maximum atomic E-state index is 10.6. The standard InChI is InChI=1S/2C6H6NO5P.2H2O/c2*8-6(9)4-2-1-3-7-5(4)13(10,11)12;;/h2*1-3H,(H,8,9)(H2,10,11,12);2*1H2. The second-order valence-electron chi connectivity index (χ2n) is 4.52. The fraction of sp³-hybridized carbons (Fsp3) is 0. The molecule has 0 radical (unpaired) electrons. The summed E-state index contributed by atoms with van der Waals surface area (Å²) < 4.78 is 21.3. The van der Waals surface area contributed by atoms with Crippen LogP contribution in [-0.4, -0.2) is 42.9 Å². The van der Waals surface area contributed by atoms with Crippen LogP contribution in [0.3, 0.4) is 0 Å². The average Bonchev–Trinajstić information content (AvgIpc) is 2.54. The molecule has 0 bridgehead atoms. The molecule has 2 rings (SSSR count). The van der Waals surface area contributed by atoms with E-state index in [1.165, 1.54) is 24.5 Å². The monoisotopic (exact) mass is 442 g/mol. The molecule has 0 aliphatic carbocycles. The van der Waals surface area contributed by atoms with Crippen LogP contribution < -0.4 is 30.6 Å². The molecule has 2 unspecified atom stereocenters. The Morgan fingerprint density at radius 1 is 0.786 bits per heavy atom. The lowest BCUT2D eigenvalue weighted by Crippen LogP contribution is -2.35. The van der Waals surface area contributed by atoms with Crippen molar-refractivity contribution in [3.63, 3.8) is 0 Å². The van der Waals surface area contributed by atoms with Crippen LogP contribution in [0, 0.1) is 0 Å². The molecule has 0 saturated heterocycles. The van der Waals surface area contributed by atoms with Crippen molar-refractivity contribution in [3.8, 4) is 0 Å². The van der Waals surface area contributed by atoms with Gasteiger partial charge >= 0.3 is 11.9 Å². The number of hydrogen-bond acceptors (Lipinski definition) is 6. The van der Waals surface area contributed by atoms with Crippen molar-refractivity contribution in [3.05, 3.63) is 47.8 Å². The van der Waals surface area contributed by atoms with Gasteiger partial charge in [-0.2, -0.15) is 0 Å². The van der Waals surface area contributed by atoms with Gasteiger partial charge in [-0.15, -0.1) is 0 Å². The molecular formula is C12H16N2O12P2. The second kappa shape index (κ2) is 10.7. The van der Waals surface area contributed by atoms with E-state index >= 15 is 0 Å². The first-order valence-corrected chi connectivity index (χ1v) is 9.58. The van der Waals surface area contributed by atoms with Gasteiger partial charge in [0.15, 0.2) is 12.4 Å². The van der Waals surface area contributed by atoms with Crippen LogP contribution in [0.1, 0.15) is 20.7 Å². The van der Waals surface area contributed by atoms with E-state index in [9.17, 15) is 28.5 Å². The normalized spacial score (nSPS) is 13.9. The SMILES string of the molecule is O.O.O=C(O)c1ccc[nH+]c1P(=O)([O-])O.O=C(O)c1ccc[nH+]c1P(=O)([O-])O. The summed E-state index contributed by atoms with van der Waals surface area (Å²) in [6, 6.07) is 4.80. The van der Waals surface area contributed by atoms with Gasteiger partial charge in [-0.1, -0.05) is 0 Å². The molecule has 16 heteroatoms. The summed E-state index contributed by atoms with van der Waals surface area (Å²) in [5.74, 6) is -2.84. The smallest absolute Gasteiger partial charge is 0.342 e. The highest BCUT2D eigenvalue weighted by molar-refractivity contribution is 7.58. The Hall–Kier alpha value is -2.54. The predicted octanol–water partition coefficient (Wildman–Crippen LogP) is -4.91. The molecule has 0 fully saturated rings. The zero-order valence-corrected chi connectivity index (χ0v) is 15.4. The first-order valence-electron chi connectivity index (χ1n) is 6.42. The maximum absolute atomic E-state index is 10.6. The van der Waals surface area contributed by atoms with E-state index in [1.807, 2.05) is 0 Å². The molecule has 0 aromatic carbocycles. The van der Waals surface area contributed by atoms with E-state index in [1.54, 1.807) is 0 Å². The minimum atomic E-state index is -4.80. The number of H-pyrrole nitrogens is 2. The van der Waals surface area contributed by atoms with Crippen molar-refractivity contribution < 1.29 is 69.4 Å². The van der Waals surface area contributed by atoms with Crippen LogP contribution in [0.25, 0.3) is 0 Å². The summed E-state index contributed by atoms with van der Waals surface area (Å²) in [4.78, 5) is 63.8. The summed E-state index contributed by atoms with van der Waals surface area (Å²) in [6.45, 7) is 0. The zero-order valence-electron chi connectivity index (χ0n) is 13.6. The summed E-state index contributed by atoms with van der Waals surface area (Å²) in [5.41, 5.74) is -2.35. The number of carboxylic acids is 2. The molecule has 0 saturated carbocycles. The van der Waals surface area contributed by atoms with Gasteiger partial charge in [0, 0.05) is 12.1 Å². The highest BCUT2D eigenvalue weighted by Gasteiger charge is 2.25. The molecule has 2 heterocycles. The lowest BCUT2D eigenvalue weighted by Gasteiger charge is -2.11. The third-order valence-electron chi connectivity index (χ3n) is 2.69. The fourth-order valence-corrected chi connectivity index (χ4v) is 3.09. The van der Waals surface area contributed by atoms with Crippen LogP contribution >= 0.6 is 15.2 Å². The molecule has 10 N–H and O–H groups in total. The summed E-state index contributed by atoms with van der Waals surface area (Å²) in [6.07, 6.45) is 2.42. The van der Waals surface area contributed by atoms with E-state index in [0.717, 1.165) is 12.1 Å². The second-order valence-corrected chi connectivity index (χ2v) is 7.49. The minimum Gasteiger partial charge on any atom is -0.771 e. The molecule has 2 aromatic heterocycles. The van der Waals surface area contributed by atoms with Crippen LogP contribution in [0.15, 0.2) is 36.7 Å². The molecule has 0 aliphatic rings. The van der Waals surface area contributed by atoms with Gasteiger partial charge in [0.05, 0.1) is 0 Å². The molecule has 0 amide bonds. The quantitative estimate of drug-likeness (QED) is 0.327. The number of aromatic amines is 2. The van der Waals surface area contributed by atoms with Crippen molar-refractivity contribution in [1.82, 2.24) is 0 Å². The van der Waals surface area contributed by atoms with Gasteiger partial charge in [0.2, 0.25) is 15.2 Å². The number of hydrogen-bond donors (Lipinski definition) is 4. The van der Waals surface area contributed by atoms with Crippen LogP contribution in [0.4, 0.5) is 0 Å². The molecular weight excluding hydrogens is 426 g/mol. The predicted molar refractivity (Wildman–Crippen MR) is 86.1 cm³/mol. The maximum Gasteiger partial charge on any atom is 0.342 e. The number of carbonyl (C=O) groups is 2. The number of rotatable bonds is 4. The summed E-state index contributed by atoms with van der Waals surface area (Å²) >= 11 is 0. The van der Waals surface area contributed by atoms with Gasteiger partial charge in [-0.05, 0) is 12.1 Å². The Bertz CT molecular complexity index is 847. The van der Waals surface area contributed by atoms with Crippen LogP contribution in [0.2, 0.25) is 0 Å². The molecule has 2 atom stereocenters. The number of nitrogens with one attached hydrogen (secondary N) is 2. The lowest BCUT2D eigenvalue weighted by atomic mass is 10.3. The number of pyridine rings is 2. The Morgan fingerprint density at radius 2 is 1.07 bits per heavy atom. The first-order chi connectivity index (χ1) is 11.9. The van der Waals surface area contributed by atoms with Gasteiger partial charge < -0.3 is 40.7 Å². The number of aromatic carboxylic acids is 2. The van der Waals surface area contributed by atoms with E-state index < -0.39 is 49.1 Å². The summed E-state index contributed by atoms with van der Waals surface area (Å²) in [5, 5.41) is 17.1. The van der Waals surface area contributed by atoms with E-state index in [4.69, 9.17) is 20.0 Å². The van der Waals surface area contributed by atoms with Crippen molar-refractivity contribution >= 4 is 38.0 Å². The van der Waals surface area contributed by atoms with Gasteiger partial charge in [-0.3, -0.25) is 9.13 Å². The van der Waals surface area contributed by atoms with Crippen molar-refractivity contribution in [2.24, 2.45) is 0 Å². The lowest BCUT2D eigenvalue weighted by molar-refractivity contribution is -0.362. The van der Waals surface area contributed by atoms with Gasteiger partial charge in [0.25, 0.3) is 10.9 Å². The Balaban J connectivity index is 0. The minimum absolute atomic E-state index is 0. The average molecular weight is 442 g/mol. The van der Waals surface area contributed by atoms with Gasteiger partial charge in [-0.25, -0.2) is 19.6 Å².